The summed E-state index contributed by atoms with van der Waals surface area (Å²) in [6.07, 6.45) is 3.45. The number of carbonyl (C=O) groups is 1. The van der Waals surface area contributed by atoms with Gasteiger partial charge in [0.2, 0.25) is 5.89 Å². The van der Waals surface area contributed by atoms with Gasteiger partial charge in [-0.15, -0.1) is 5.10 Å². The molecule has 140 valence electrons. The SMILES string of the molecule is Cc1noc(CCCNC(=O)c2nnn(-c3ccc(Br)cc3)c2C2CC2)n1. The van der Waals surface area contributed by atoms with Crippen molar-refractivity contribution in [1.29, 1.82) is 0 Å². The molecule has 1 aromatic carbocycles. The molecule has 0 aliphatic heterocycles. The fraction of sp³-hybridized carbons (Fsp3) is 0.389. The lowest BCUT2D eigenvalue weighted by Crippen LogP contribution is -2.26. The molecule has 2 heterocycles. The first-order chi connectivity index (χ1) is 13.1. The predicted octanol–water partition coefficient (Wildman–Crippen LogP) is 2.96. The van der Waals surface area contributed by atoms with Crippen molar-refractivity contribution in [3.8, 4) is 5.69 Å². The van der Waals surface area contributed by atoms with Gasteiger partial charge in [0.25, 0.3) is 5.91 Å². The smallest absolute Gasteiger partial charge is 0.273 e. The first-order valence-electron chi connectivity index (χ1n) is 8.91. The molecule has 1 aliphatic rings. The number of halogens is 1. The summed E-state index contributed by atoms with van der Waals surface area (Å²) in [4.78, 5) is 16.8. The van der Waals surface area contributed by atoms with Crippen LogP contribution in [0.3, 0.4) is 0 Å². The van der Waals surface area contributed by atoms with Crippen LogP contribution in [-0.4, -0.2) is 37.6 Å². The van der Waals surface area contributed by atoms with Crippen molar-refractivity contribution < 1.29 is 9.32 Å². The van der Waals surface area contributed by atoms with Gasteiger partial charge in [0, 0.05) is 23.4 Å². The highest BCUT2D eigenvalue weighted by Crippen LogP contribution is 2.42. The zero-order chi connectivity index (χ0) is 18.8. The maximum atomic E-state index is 12.6. The van der Waals surface area contributed by atoms with Crippen molar-refractivity contribution >= 4 is 21.8 Å². The normalized spacial score (nSPS) is 13.7. The van der Waals surface area contributed by atoms with Gasteiger partial charge in [0.1, 0.15) is 0 Å². The first-order valence-corrected chi connectivity index (χ1v) is 9.70. The molecule has 0 bridgehead atoms. The molecule has 9 heteroatoms. The Kier molecular flexibility index (Phi) is 5.02. The zero-order valence-corrected chi connectivity index (χ0v) is 16.4. The average molecular weight is 431 g/mol. The molecule has 2 aromatic heterocycles. The molecule has 8 nitrogen and oxygen atoms in total. The van der Waals surface area contributed by atoms with E-state index in [1.165, 1.54) is 0 Å². The number of hydrogen-bond donors (Lipinski definition) is 1. The Hall–Kier alpha value is -2.55. The number of nitrogens with zero attached hydrogens (tertiary/aromatic N) is 5. The summed E-state index contributed by atoms with van der Waals surface area (Å²) in [7, 11) is 0. The molecular weight excluding hydrogens is 412 g/mol. The lowest BCUT2D eigenvalue weighted by molar-refractivity contribution is 0.0947. The summed E-state index contributed by atoms with van der Waals surface area (Å²) in [5, 5.41) is 15.1. The predicted molar refractivity (Wildman–Crippen MR) is 101 cm³/mol. The van der Waals surface area contributed by atoms with Gasteiger partial charge in [0.05, 0.1) is 11.4 Å². The van der Waals surface area contributed by atoms with Crippen molar-refractivity contribution in [3.05, 3.63) is 51.8 Å². The van der Waals surface area contributed by atoms with Gasteiger partial charge < -0.3 is 9.84 Å². The van der Waals surface area contributed by atoms with Crippen molar-refractivity contribution in [2.45, 2.75) is 38.5 Å². The fourth-order valence-electron chi connectivity index (χ4n) is 2.91. The number of aryl methyl sites for hydroxylation is 2. The topological polar surface area (TPSA) is 98.7 Å². The van der Waals surface area contributed by atoms with Crippen molar-refractivity contribution in [3.63, 3.8) is 0 Å². The number of hydrogen-bond acceptors (Lipinski definition) is 6. The molecule has 0 saturated heterocycles. The van der Waals surface area contributed by atoms with Gasteiger partial charge in [-0.1, -0.05) is 26.3 Å². The van der Waals surface area contributed by atoms with Crippen LogP contribution in [0.25, 0.3) is 5.69 Å². The van der Waals surface area contributed by atoms with E-state index in [0.29, 0.717) is 42.7 Å². The fourth-order valence-corrected chi connectivity index (χ4v) is 3.18. The van der Waals surface area contributed by atoms with Gasteiger partial charge in [-0.3, -0.25) is 4.79 Å². The summed E-state index contributed by atoms with van der Waals surface area (Å²) < 4.78 is 7.84. The van der Waals surface area contributed by atoms with Crippen LogP contribution in [0.15, 0.2) is 33.3 Å². The molecule has 1 amide bonds. The highest BCUT2D eigenvalue weighted by atomic mass is 79.9. The minimum Gasteiger partial charge on any atom is -0.351 e. The Balaban J connectivity index is 1.43. The molecule has 0 spiro atoms. The molecule has 0 radical (unpaired) electrons. The number of aromatic nitrogens is 5. The third kappa shape index (κ3) is 4.08. The van der Waals surface area contributed by atoms with Gasteiger partial charge in [0.15, 0.2) is 11.5 Å². The Bertz CT molecular complexity index is 945. The summed E-state index contributed by atoms with van der Waals surface area (Å²) in [5.74, 6) is 1.35. The minimum absolute atomic E-state index is 0.193. The Morgan fingerprint density at radius 3 is 2.78 bits per heavy atom. The number of nitrogens with one attached hydrogen (secondary N) is 1. The molecule has 1 aliphatic carbocycles. The Labute approximate surface area is 164 Å². The van der Waals surface area contributed by atoms with Gasteiger partial charge in [-0.2, -0.15) is 4.98 Å². The quantitative estimate of drug-likeness (QED) is 0.578. The highest BCUT2D eigenvalue weighted by molar-refractivity contribution is 9.10. The van der Waals surface area contributed by atoms with E-state index >= 15 is 0 Å². The molecular formula is C18H19BrN6O2. The standard InChI is InChI=1S/C18H19BrN6O2/c1-11-21-15(27-23-11)3-2-10-20-18(26)16-17(12-4-5-12)25(24-22-16)14-8-6-13(19)7-9-14/h6-9,12H,2-5,10H2,1H3,(H,20,26). The largest absolute Gasteiger partial charge is 0.351 e. The van der Waals surface area contributed by atoms with Crippen molar-refractivity contribution in [2.75, 3.05) is 6.54 Å². The molecule has 1 fully saturated rings. The van der Waals surface area contributed by atoms with Crippen LogP contribution in [0, 0.1) is 6.92 Å². The summed E-state index contributed by atoms with van der Waals surface area (Å²) in [6, 6.07) is 7.82. The van der Waals surface area contributed by atoms with E-state index in [0.717, 1.165) is 28.7 Å². The molecule has 0 atom stereocenters. The second-order valence-electron chi connectivity index (χ2n) is 6.58. The summed E-state index contributed by atoms with van der Waals surface area (Å²) in [6.45, 7) is 2.29. The van der Waals surface area contributed by atoms with Crippen LogP contribution in [0.1, 0.15) is 53.1 Å². The van der Waals surface area contributed by atoms with Crippen LogP contribution in [0.2, 0.25) is 0 Å². The third-order valence-corrected chi connectivity index (χ3v) is 4.91. The molecule has 1 N–H and O–H groups in total. The molecule has 0 unspecified atom stereocenters. The molecule has 1 saturated carbocycles. The van der Waals surface area contributed by atoms with Crippen LogP contribution in [0.4, 0.5) is 0 Å². The summed E-state index contributed by atoms with van der Waals surface area (Å²) in [5.41, 5.74) is 2.20. The number of carbonyl (C=O) groups excluding carboxylic acids is 1. The lowest BCUT2D eigenvalue weighted by atomic mass is 10.2. The Morgan fingerprint density at radius 2 is 2.11 bits per heavy atom. The first kappa shape index (κ1) is 17.8. The number of rotatable bonds is 7. The van der Waals surface area contributed by atoms with E-state index < -0.39 is 0 Å². The monoisotopic (exact) mass is 430 g/mol. The van der Waals surface area contributed by atoms with E-state index in [1.54, 1.807) is 11.6 Å². The lowest BCUT2D eigenvalue weighted by Gasteiger charge is -2.07. The van der Waals surface area contributed by atoms with E-state index in [4.69, 9.17) is 4.52 Å². The van der Waals surface area contributed by atoms with E-state index in [9.17, 15) is 4.79 Å². The Morgan fingerprint density at radius 1 is 1.33 bits per heavy atom. The maximum Gasteiger partial charge on any atom is 0.273 e. The van der Waals surface area contributed by atoms with E-state index in [-0.39, 0.29) is 5.91 Å². The van der Waals surface area contributed by atoms with E-state index in [2.05, 4.69) is 41.7 Å². The maximum absolute atomic E-state index is 12.6. The van der Waals surface area contributed by atoms with Gasteiger partial charge >= 0.3 is 0 Å². The molecule has 3 aromatic rings. The number of amides is 1. The third-order valence-electron chi connectivity index (χ3n) is 4.38. The van der Waals surface area contributed by atoms with Gasteiger partial charge in [-0.25, -0.2) is 4.68 Å². The minimum atomic E-state index is -0.193. The van der Waals surface area contributed by atoms with Crippen molar-refractivity contribution in [2.24, 2.45) is 0 Å². The molecule has 4 rings (SSSR count). The average Bonchev–Trinajstić information content (AvgIpc) is 3.27. The van der Waals surface area contributed by atoms with Gasteiger partial charge in [-0.05, 0) is 50.5 Å². The molecule has 27 heavy (non-hydrogen) atoms. The second kappa shape index (κ2) is 7.59. The van der Waals surface area contributed by atoms with Crippen LogP contribution >= 0.6 is 15.9 Å². The van der Waals surface area contributed by atoms with Crippen molar-refractivity contribution in [1.82, 2.24) is 30.5 Å². The highest BCUT2D eigenvalue weighted by Gasteiger charge is 2.34. The second-order valence-corrected chi connectivity index (χ2v) is 7.50. The number of benzene rings is 1. The van der Waals surface area contributed by atoms with Crippen LogP contribution in [-0.2, 0) is 6.42 Å². The van der Waals surface area contributed by atoms with Crippen LogP contribution in [0.5, 0.6) is 0 Å². The van der Waals surface area contributed by atoms with E-state index in [1.807, 2.05) is 24.3 Å². The zero-order valence-electron chi connectivity index (χ0n) is 14.9. The van der Waals surface area contributed by atoms with Crippen LogP contribution < -0.4 is 5.32 Å². The summed E-state index contributed by atoms with van der Waals surface area (Å²) >= 11 is 3.44.